The molecule has 0 spiro atoms. The van der Waals surface area contributed by atoms with Crippen LogP contribution in [0, 0.1) is 10.1 Å². The van der Waals surface area contributed by atoms with Crippen molar-refractivity contribution in [1.82, 2.24) is 15.0 Å². The molecule has 1 aromatic heterocycles. The van der Waals surface area contributed by atoms with E-state index in [4.69, 9.17) is 11.6 Å². The van der Waals surface area contributed by atoms with Crippen molar-refractivity contribution in [2.45, 2.75) is 19.7 Å². The number of nitro benzene ring substituents is 1. The third kappa shape index (κ3) is 2.43. The first-order chi connectivity index (χ1) is 10.1. The van der Waals surface area contributed by atoms with Crippen molar-refractivity contribution in [2.24, 2.45) is 0 Å². The maximum atomic E-state index is 11.2. The van der Waals surface area contributed by atoms with Crippen molar-refractivity contribution in [3.63, 3.8) is 0 Å². The number of nitro groups is 1. The standard InChI is InChI=1S/C12H12ClN5O3/c13-8-1-2-10(11(5-8)18(20)21)16-3-4-17-12(6-16)9(7-19)14-15-17/h1-2,5,19H,3-4,6-7H2. The summed E-state index contributed by atoms with van der Waals surface area (Å²) in [5.41, 5.74) is 1.74. The van der Waals surface area contributed by atoms with Gasteiger partial charge in [0.05, 0.1) is 30.3 Å². The molecule has 0 amide bonds. The Balaban J connectivity index is 1.98. The van der Waals surface area contributed by atoms with Gasteiger partial charge < -0.3 is 10.0 Å². The van der Waals surface area contributed by atoms with E-state index in [0.717, 1.165) is 5.69 Å². The normalized spacial score (nSPS) is 14.1. The van der Waals surface area contributed by atoms with E-state index in [1.165, 1.54) is 6.07 Å². The van der Waals surface area contributed by atoms with E-state index in [1.54, 1.807) is 16.8 Å². The Labute approximate surface area is 124 Å². The van der Waals surface area contributed by atoms with Crippen molar-refractivity contribution in [3.05, 3.63) is 44.7 Å². The number of hydrogen-bond donors (Lipinski definition) is 1. The number of halogens is 1. The van der Waals surface area contributed by atoms with Gasteiger partial charge in [-0.15, -0.1) is 5.10 Å². The van der Waals surface area contributed by atoms with Crippen molar-refractivity contribution in [3.8, 4) is 0 Å². The SMILES string of the molecule is O=[N+]([O-])c1cc(Cl)ccc1N1CCn2nnc(CO)c2C1. The van der Waals surface area contributed by atoms with Gasteiger partial charge in [-0.1, -0.05) is 16.8 Å². The molecule has 2 aromatic rings. The highest BCUT2D eigenvalue weighted by Gasteiger charge is 2.26. The summed E-state index contributed by atoms with van der Waals surface area (Å²) in [6.45, 7) is 1.34. The van der Waals surface area contributed by atoms with Crippen LogP contribution in [0.25, 0.3) is 0 Å². The van der Waals surface area contributed by atoms with Crippen LogP contribution < -0.4 is 4.90 Å². The number of fused-ring (bicyclic) bond motifs is 1. The van der Waals surface area contributed by atoms with Crippen LogP contribution in [0.5, 0.6) is 0 Å². The molecule has 0 aliphatic carbocycles. The first-order valence-corrected chi connectivity index (χ1v) is 6.69. The Morgan fingerprint density at radius 2 is 2.24 bits per heavy atom. The smallest absolute Gasteiger partial charge is 0.294 e. The van der Waals surface area contributed by atoms with E-state index in [2.05, 4.69) is 10.3 Å². The largest absolute Gasteiger partial charge is 0.390 e. The van der Waals surface area contributed by atoms with Gasteiger partial charge in [-0.2, -0.15) is 0 Å². The number of aromatic nitrogens is 3. The molecule has 2 heterocycles. The molecule has 0 fully saturated rings. The summed E-state index contributed by atoms with van der Waals surface area (Å²) in [6, 6.07) is 4.60. The summed E-state index contributed by atoms with van der Waals surface area (Å²) < 4.78 is 1.71. The van der Waals surface area contributed by atoms with Gasteiger partial charge in [0.15, 0.2) is 0 Å². The molecule has 110 valence electrons. The van der Waals surface area contributed by atoms with Gasteiger partial charge in [-0.3, -0.25) is 10.1 Å². The second-order valence-electron chi connectivity index (χ2n) is 4.68. The number of hydrogen-bond acceptors (Lipinski definition) is 6. The zero-order chi connectivity index (χ0) is 15.0. The number of benzene rings is 1. The number of aliphatic hydroxyl groups excluding tert-OH is 1. The van der Waals surface area contributed by atoms with E-state index in [9.17, 15) is 15.2 Å². The van der Waals surface area contributed by atoms with E-state index in [0.29, 0.717) is 36.0 Å². The minimum atomic E-state index is -0.446. The summed E-state index contributed by atoms with van der Waals surface area (Å²) in [7, 11) is 0. The number of anilines is 1. The van der Waals surface area contributed by atoms with Crippen LogP contribution in [-0.4, -0.2) is 31.6 Å². The topological polar surface area (TPSA) is 97.3 Å². The molecule has 0 unspecified atom stereocenters. The Bertz CT molecular complexity index is 689. The fourth-order valence-corrected chi connectivity index (χ4v) is 2.60. The Morgan fingerprint density at radius 3 is 2.95 bits per heavy atom. The fourth-order valence-electron chi connectivity index (χ4n) is 2.44. The second kappa shape index (κ2) is 5.30. The lowest BCUT2D eigenvalue weighted by atomic mass is 10.2. The average Bonchev–Trinajstić information content (AvgIpc) is 2.89. The van der Waals surface area contributed by atoms with Gasteiger partial charge in [0, 0.05) is 17.6 Å². The molecular formula is C12H12ClN5O3. The number of rotatable bonds is 3. The molecule has 1 aromatic carbocycles. The molecule has 0 atom stereocenters. The minimum absolute atomic E-state index is 0.0334. The van der Waals surface area contributed by atoms with Gasteiger partial charge in [-0.05, 0) is 12.1 Å². The van der Waals surface area contributed by atoms with Crippen molar-refractivity contribution >= 4 is 23.0 Å². The summed E-state index contributed by atoms with van der Waals surface area (Å²) in [5, 5.41) is 28.6. The van der Waals surface area contributed by atoms with Crippen LogP contribution in [0.3, 0.4) is 0 Å². The fraction of sp³-hybridized carbons (Fsp3) is 0.333. The van der Waals surface area contributed by atoms with Crippen molar-refractivity contribution < 1.29 is 10.0 Å². The molecule has 0 saturated carbocycles. The molecule has 8 nitrogen and oxygen atoms in total. The van der Waals surface area contributed by atoms with Gasteiger partial charge in [0.1, 0.15) is 11.4 Å². The Hall–Kier alpha value is -2.19. The van der Waals surface area contributed by atoms with Crippen molar-refractivity contribution in [2.75, 3.05) is 11.4 Å². The molecule has 9 heteroatoms. The maximum absolute atomic E-state index is 11.2. The maximum Gasteiger partial charge on any atom is 0.294 e. The van der Waals surface area contributed by atoms with Gasteiger partial charge in [-0.25, -0.2) is 4.68 Å². The summed E-state index contributed by atoms with van der Waals surface area (Å²) in [5.74, 6) is 0. The predicted molar refractivity (Wildman–Crippen MR) is 75.1 cm³/mol. The molecular weight excluding hydrogens is 298 g/mol. The summed E-state index contributed by atoms with van der Waals surface area (Å²) in [4.78, 5) is 12.6. The zero-order valence-corrected chi connectivity index (χ0v) is 11.7. The van der Waals surface area contributed by atoms with E-state index >= 15 is 0 Å². The van der Waals surface area contributed by atoms with Gasteiger partial charge >= 0.3 is 0 Å². The minimum Gasteiger partial charge on any atom is -0.390 e. The third-order valence-corrected chi connectivity index (χ3v) is 3.70. The third-order valence-electron chi connectivity index (χ3n) is 3.47. The van der Waals surface area contributed by atoms with Crippen LogP contribution in [0.4, 0.5) is 11.4 Å². The summed E-state index contributed by atoms with van der Waals surface area (Å²) in [6.07, 6.45) is 0. The average molecular weight is 310 g/mol. The van der Waals surface area contributed by atoms with Crippen molar-refractivity contribution in [1.29, 1.82) is 0 Å². The van der Waals surface area contributed by atoms with E-state index < -0.39 is 4.92 Å². The van der Waals surface area contributed by atoms with Crippen LogP contribution in [0.15, 0.2) is 18.2 Å². The molecule has 0 saturated heterocycles. The monoisotopic (exact) mass is 309 g/mol. The van der Waals surface area contributed by atoms with Gasteiger partial charge in [0.25, 0.3) is 5.69 Å². The zero-order valence-electron chi connectivity index (χ0n) is 10.9. The van der Waals surface area contributed by atoms with Crippen LogP contribution in [-0.2, 0) is 19.7 Å². The lowest BCUT2D eigenvalue weighted by molar-refractivity contribution is -0.384. The highest BCUT2D eigenvalue weighted by atomic mass is 35.5. The Kier molecular flexibility index (Phi) is 3.48. The van der Waals surface area contributed by atoms with E-state index in [1.807, 2.05) is 4.90 Å². The number of aliphatic hydroxyl groups is 1. The molecule has 1 aliphatic rings. The molecule has 1 aliphatic heterocycles. The van der Waals surface area contributed by atoms with Crippen LogP contribution in [0.2, 0.25) is 5.02 Å². The lowest BCUT2D eigenvalue weighted by Gasteiger charge is -2.29. The van der Waals surface area contributed by atoms with E-state index in [-0.39, 0.29) is 12.3 Å². The first kappa shape index (κ1) is 13.8. The molecule has 0 radical (unpaired) electrons. The van der Waals surface area contributed by atoms with Crippen LogP contribution >= 0.6 is 11.6 Å². The van der Waals surface area contributed by atoms with Gasteiger partial charge in [0.2, 0.25) is 0 Å². The Morgan fingerprint density at radius 1 is 1.43 bits per heavy atom. The second-order valence-corrected chi connectivity index (χ2v) is 5.11. The molecule has 3 rings (SSSR count). The van der Waals surface area contributed by atoms with Crippen LogP contribution in [0.1, 0.15) is 11.4 Å². The summed E-state index contributed by atoms with van der Waals surface area (Å²) >= 11 is 5.83. The number of nitrogens with zero attached hydrogens (tertiary/aromatic N) is 5. The highest BCUT2D eigenvalue weighted by Crippen LogP contribution is 2.33. The molecule has 21 heavy (non-hydrogen) atoms. The molecule has 0 bridgehead atoms. The highest BCUT2D eigenvalue weighted by molar-refractivity contribution is 6.30. The molecule has 1 N–H and O–H groups in total. The predicted octanol–water partition coefficient (Wildman–Crippen LogP) is 1.35. The quantitative estimate of drug-likeness (QED) is 0.679. The first-order valence-electron chi connectivity index (χ1n) is 6.31. The lowest BCUT2D eigenvalue weighted by Crippen LogP contribution is -2.34.